The van der Waals surface area contributed by atoms with Crippen molar-refractivity contribution < 1.29 is 9.21 Å². The van der Waals surface area contributed by atoms with Crippen LogP contribution in [0.25, 0.3) is 0 Å². The molecule has 1 aromatic heterocycles. The van der Waals surface area contributed by atoms with Gasteiger partial charge in [-0.1, -0.05) is 30.3 Å². The third-order valence-electron chi connectivity index (χ3n) is 2.81. The lowest BCUT2D eigenvalue weighted by Crippen LogP contribution is -2.31. The minimum atomic E-state index is -0.0995. The quantitative estimate of drug-likeness (QED) is 0.881. The zero-order valence-corrected chi connectivity index (χ0v) is 11.7. The van der Waals surface area contributed by atoms with Crippen molar-refractivity contribution in [2.75, 3.05) is 7.05 Å². The van der Waals surface area contributed by atoms with Crippen LogP contribution >= 0.6 is 11.8 Å². The smallest absolute Gasteiger partial charge is 0.233 e. The molecule has 2 aromatic rings. The summed E-state index contributed by atoms with van der Waals surface area (Å²) in [6.07, 6.45) is 2.38. The highest BCUT2D eigenvalue weighted by atomic mass is 32.2. The first-order chi connectivity index (χ1) is 9.29. The Morgan fingerprint density at radius 1 is 1.26 bits per heavy atom. The number of benzene rings is 1. The van der Waals surface area contributed by atoms with Crippen LogP contribution in [0, 0.1) is 0 Å². The van der Waals surface area contributed by atoms with Gasteiger partial charge < -0.3 is 9.73 Å². The van der Waals surface area contributed by atoms with Gasteiger partial charge in [-0.15, -0.1) is 11.8 Å². The summed E-state index contributed by atoms with van der Waals surface area (Å²) >= 11 is 1.60. The SMILES string of the molecule is CNC(=O)[C@@H](Cc1ccccc1)SCc1ccco1. The Morgan fingerprint density at radius 3 is 2.68 bits per heavy atom. The van der Waals surface area contributed by atoms with E-state index in [0.29, 0.717) is 5.75 Å². The van der Waals surface area contributed by atoms with Gasteiger partial charge in [0.2, 0.25) is 5.91 Å². The summed E-state index contributed by atoms with van der Waals surface area (Å²) in [7, 11) is 1.67. The van der Waals surface area contributed by atoms with Crippen LogP contribution in [0.15, 0.2) is 53.1 Å². The number of hydrogen-bond donors (Lipinski definition) is 1. The van der Waals surface area contributed by atoms with Gasteiger partial charge in [0.25, 0.3) is 0 Å². The van der Waals surface area contributed by atoms with Gasteiger partial charge in [-0.3, -0.25) is 4.79 Å². The minimum Gasteiger partial charge on any atom is -0.468 e. The zero-order chi connectivity index (χ0) is 13.5. The van der Waals surface area contributed by atoms with Crippen LogP contribution in [-0.2, 0) is 17.0 Å². The average molecular weight is 275 g/mol. The molecule has 1 heterocycles. The molecule has 1 amide bonds. The molecule has 0 unspecified atom stereocenters. The number of carbonyl (C=O) groups excluding carboxylic acids is 1. The molecule has 1 atom stereocenters. The normalized spacial score (nSPS) is 12.1. The molecule has 3 nitrogen and oxygen atoms in total. The second-order valence-electron chi connectivity index (χ2n) is 4.18. The maximum Gasteiger partial charge on any atom is 0.233 e. The van der Waals surface area contributed by atoms with E-state index in [1.165, 1.54) is 5.56 Å². The van der Waals surface area contributed by atoms with Crippen molar-refractivity contribution in [2.45, 2.75) is 17.4 Å². The number of hydrogen-bond acceptors (Lipinski definition) is 3. The molecule has 1 aromatic carbocycles. The average Bonchev–Trinajstić information content (AvgIpc) is 2.97. The van der Waals surface area contributed by atoms with Crippen molar-refractivity contribution in [1.82, 2.24) is 5.32 Å². The Morgan fingerprint density at radius 2 is 2.05 bits per heavy atom. The second kappa shape index (κ2) is 7.04. The van der Waals surface area contributed by atoms with Crippen molar-refractivity contribution in [3.05, 3.63) is 60.1 Å². The summed E-state index contributed by atoms with van der Waals surface area (Å²) in [5, 5.41) is 2.63. The third kappa shape index (κ3) is 4.17. The number of nitrogens with one attached hydrogen (secondary N) is 1. The van der Waals surface area contributed by atoms with Gasteiger partial charge in [0.05, 0.1) is 17.3 Å². The highest BCUT2D eigenvalue weighted by molar-refractivity contribution is 7.99. The maximum absolute atomic E-state index is 11.9. The van der Waals surface area contributed by atoms with Crippen LogP contribution < -0.4 is 5.32 Å². The van der Waals surface area contributed by atoms with Gasteiger partial charge in [-0.2, -0.15) is 0 Å². The number of carbonyl (C=O) groups is 1. The van der Waals surface area contributed by atoms with E-state index in [1.807, 2.05) is 42.5 Å². The lowest BCUT2D eigenvalue weighted by atomic mass is 10.1. The summed E-state index contributed by atoms with van der Waals surface area (Å²) in [5.74, 6) is 1.66. The molecule has 0 spiro atoms. The van der Waals surface area contributed by atoms with Crippen LogP contribution in [0.2, 0.25) is 0 Å². The lowest BCUT2D eigenvalue weighted by Gasteiger charge is -2.14. The van der Waals surface area contributed by atoms with Gasteiger partial charge in [-0.25, -0.2) is 0 Å². The van der Waals surface area contributed by atoms with E-state index in [2.05, 4.69) is 5.32 Å². The van der Waals surface area contributed by atoms with Gasteiger partial charge >= 0.3 is 0 Å². The molecule has 0 saturated heterocycles. The molecule has 0 saturated carbocycles. The van der Waals surface area contributed by atoms with Crippen molar-refractivity contribution in [3.8, 4) is 0 Å². The summed E-state index contributed by atoms with van der Waals surface area (Å²) in [6.45, 7) is 0. The monoisotopic (exact) mass is 275 g/mol. The summed E-state index contributed by atoms with van der Waals surface area (Å²) in [5.41, 5.74) is 1.17. The van der Waals surface area contributed by atoms with Crippen molar-refractivity contribution in [3.63, 3.8) is 0 Å². The van der Waals surface area contributed by atoms with Crippen molar-refractivity contribution >= 4 is 17.7 Å². The molecule has 0 aliphatic rings. The molecule has 0 fully saturated rings. The molecule has 1 N–H and O–H groups in total. The Bertz CT molecular complexity index is 496. The molecule has 2 rings (SSSR count). The molecule has 4 heteroatoms. The van der Waals surface area contributed by atoms with Gasteiger partial charge in [0, 0.05) is 7.05 Å². The van der Waals surface area contributed by atoms with Crippen LogP contribution in [0.4, 0.5) is 0 Å². The topological polar surface area (TPSA) is 42.2 Å². The standard InChI is InChI=1S/C15H17NO2S/c1-16-15(17)14(10-12-6-3-2-4-7-12)19-11-13-8-5-9-18-13/h2-9,14H,10-11H2,1H3,(H,16,17)/t14-/m1/s1. The number of furan rings is 1. The Hall–Kier alpha value is -1.68. The Balaban J connectivity index is 1.97. The fourth-order valence-electron chi connectivity index (χ4n) is 1.79. The lowest BCUT2D eigenvalue weighted by molar-refractivity contribution is -0.120. The van der Waals surface area contributed by atoms with E-state index in [9.17, 15) is 4.79 Å². The predicted molar refractivity (Wildman–Crippen MR) is 78.0 cm³/mol. The first kappa shape index (κ1) is 13.7. The van der Waals surface area contributed by atoms with Crippen LogP contribution in [-0.4, -0.2) is 18.2 Å². The highest BCUT2D eigenvalue weighted by Gasteiger charge is 2.18. The number of thioether (sulfide) groups is 1. The summed E-state index contributed by atoms with van der Waals surface area (Å²) < 4.78 is 5.29. The van der Waals surface area contributed by atoms with Crippen LogP contribution in [0.3, 0.4) is 0 Å². The molecule has 0 radical (unpaired) electrons. The Kier molecular flexibility index (Phi) is 5.10. The van der Waals surface area contributed by atoms with E-state index in [1.54, 1.807) is 25.1 Å². The summed E-state index contributed by atoms with van der Waals surface area (Å²) in [4.78, 5) is 11.9. The largest absolute Gasteiger partial charge is 0.468 e. The van der Waals surface area contributed by atoms with E-state index in [-0.39, 0.29) is 11.2 Å². The Labute approximate surface area is 117 Å². The fourth-order valence-corrected chi connectivity index (χ4v) is 2.90. The first-order valence-corrected chi connectivity index (χ1v) is 7.24. The maximum atomic E-state index is 11.9. The van der Waals surface area contributed by atoms with E-state index < -0.39 is 0 Å². The van der Waals surface area contributed by atoms with Crippen LogP contribution in [0.1, 0.15) is 11.3 Å². The van der Waals surface area contributed by atoms with E-state index >= 15 is 0 Å². The molecule has 0 aliphatic carbocycles. The van der Waals surface area contributed by atoms with E-state index in [4.69, 9.17) is 4.42 Å². The van der Waals surface area contributed by atoms with Crippen molar-refractivity contribution in [2.24, 2.45) is 0 Å². The minimum absolute atomic E-state index is 0.0559. The van der Waals surface area contributed by atoms with Gasteiger partial charge in [-0.05, 0) is 24.1 Å². The molecule has 0 bridgehead atoms. The first-order valence-electron chi connectivity index (χ1n) is 6.19. The molecule has 0 aliphatic heterocycles. The third-order valence-corrected chi connectivity index (χ3v) is 4.04. The fraction of sp³-hybridized carbons (Fsp3) is 0.267. The van der Waals surface area contributed by atoms with E-state index in [0.717, 1.165) is 12.2 Å². The van der Waals surface area contributed by atoms with Gasteiger partial charge in [0.15, 0.2) is 0 Å². The second-order valence-corrected chi connectivity index (χ2v) is 5.37. The van der Waals surface area contributed by atoms with Gasteiger partial charge in [0.1, 0.15) is 5.76 Å². The number of rotatable bonds is 6. The molecular formula is C15H17NO2S. The zero-order valence-electron chi connectivity index (χ0n) is 10.8. The number of amides is 1. The van der Waals surface area contributed by atoms with Crippen LogP contribution in [0.5, 0.6) is 0 Å². The highest BCUT2D eigenvalue weighted by Crippen LogP contribution is 2.21. The summed E-state index contributed by atoms with van der Waals surface area (Å²) in [6, 6.07) is 13.8. The predicted octanol–water partition coefficient (Wildman–Crippen LogP) is 2.87. The molecular weight excluding hydrogens is 258 g/mol. The van der Waals surface area contributed by atoms with Crippen molar-refractivity contribution in [1.29, 1.82) is 0 Å². The molecule has 100 valence electrons. The molecule has 19 heavy (non-hydrogen) atoms.